The third kappa shape index (κ3) is 5.02. The van der Waals surface area contributed by atoms with Gasteiger partial charge in [-0.3, -0.25) is 4.90 Å². The van der Waals surface area contributed by atoms with Gasteiger partial charge in [-0.05, 0) is 31.0 Å². The molecule has 0 heterocycles. The number of ether oxygens (including phenoxy) is 2. The Hall–Kier alpha value is -1.59. The summed E-state index contributed by atoms with van der Waals surface area (Å²) in [6, 6.07) is 5.72. The summed E-state index contributed by atoms with van der Waals surface area (Å²) in [6.45, 7) is 6.48. The molecule has 21 heavy (non-hydrogen) atoms. The van der Waals surface area contributed by atoms with Gasteiger partial charge in [-0.2, -0.15) is 0 Å². The van der Waals surface area contributed by atoms with E-state index in [1.807, 2.05) is 6.07 Å². The molecule has 0 aliphatic rings. The molecule has 1 unspecified atom stereocenters. The van der Waals surface area contributed by atoms with E-state index in [9.17, 15) is 9.90 Å². The van der Waals surface area contributed by atoms with Gasteiger partial charge in [0, 0.05) is 26.2 Å². The van der Waals surface area contributed by atoms with E-state index in [-0.39, 0.29) is 5.56 Å². The molecule has 0 aromatic heterocycles. The van der Waals surface area contributed by atoms with E-state index in [0.717, 1.165) is 18.5 Å². The van der Waals surface area contributed by atoms with Gasteiger partial charge in [0.25, 0.3) is 0 Å². The van der Waals surface area contributed by atoms with E-state index in [2.05, 4.69) is 18.7 Å². The number of aromatic carboxylic acids is 1. The lowest BCUT2D eigenvalue weighted by Crippen LogP contribution is -2.34. The van der Waals surface area contributed by atoms with Crippen LogP contribution in [0, 0.1) is 0 Å². The number of benzene rings is 1. The average molecular weight is 295 g/mol. The van der Waals surface area contributed by atoms with Crippen molar-refractivity contribution >= 4 is 5.97 Å². The SMILES string of the molecule is CCC(C)N(CCOC)Cc1ccc(OC)c(C(=O)O)c1. The lowest BCUT2D eigenvalue weighted by Gasteiger charge is -2.28. The highest BCUT2D eigenvalue weighted by Gasteiger charge is 2.16. The van der Waals surface area contributed by atoms with Crippen LogP contribution >= 0.6 is 0 Å². The zero-order valence-electron chi connectivity index (χ0n) is 13.3. The van der Waals surface area contributed by atoms with Crippen LogP contribution in [0.25, 0.3) is 0 Å². The fourth-order valence-corrected chi connectivity index (χ4v) is 2.18. The highest BCUT2D eigenvalue weighted by molar-refractivity contribution is 5.91. The number of carbonyl (C=O) groups is 1. The van der Waals surface area contributed by atoms with Gasteiger partial charge in [0.15, 0.2) is 0 Å². The number of hydrogen-bond donors (Lipinski definition) is 1. The Balaban J connectivity index is 2.92. The van der Waals surface area contributed by atoms with Crippen LogP contribution in [0.4, 0.5) is 0 Å². The van der Waals surface area contributed by atoms with Gasteiger partial charge in [0.1, 0.15) is 11.3 Å². The Bertz CT molecular complexity index is 462. The molecule has 0 fully saturated rings. The summed E-state index contributed by atoms with van der Waals surface area (Å²) < 4.78 is 10.2. The minimum Gasteiger partial charge on any atom is -0.496 e. The highest BCUT2D eigenvalue weighted by atomic mass is 16.5. The van der Waals surface area contributed by atoms with E-state index in [4.69, 9.17) is 9.47 Å². The Morgan fingerprint density at radius 1 is 1.38 bits per heavy atom. The Morgan fingerprint density at radius 3 is 2.62 bits per heavy atom. The van der Waals surface area contributed by atoms with Crippen LogP contribution in [0.1, 0.15) is 36.2 Å². The second-order valence-electron chi connectivity index (χ2n) is 5.06. The Morgan fingerprint density at radius 2 is 2.10 bits per heavy atom. The van der Waals surface area contributed by atoms with E-state index < -0.39 is 5.97 Å². The predicted octanol–water partition coefficient (Wildman–Crippen LogP) is 2.64. The summed E-state index contributed by atoms with van der Waals surface area (Å²) in [5.74, 6) is -0.584. The quantitative estimate of drug-likeness (QED) is 0.759. The maximum atomic E-state index is 11.3. The van der Waals surface area contributed by atoms with E-state index >= 15 is 0 Å². The largest absolute Gasteiger partial charge is 0.496 e. The first-order valence-electron chi connectivity index (χ1n) is 7.16. The molecule has 1 aromatic rings. The fraction of sp³-hybridized carbons (Fsp3) is 0.562. The van der Waals surface area contributed by atoms with Crippen molar-refractivity contribution < 1.29 is 19.4 Å². The van der Waals surface area contributed by atoms with Crippen LogP contribution < -0.4 is 4.74 Å². The lowest BCUT2D eigenvalue weighted by atomic mass is 10.1. The number of hydrogen-bond acceptors (Lipinski definition) is 4. The Kier molecular flexibility index (Phi) is 7.19. The first-order chi connectivity index (χ1) is 10.0. The van der Waals surface area contributed by atoms with Crippen molar-refractivity contribution in [3.8, 4) is 5.75 Å². The Labute approximate surface area is 126 Å². The summed E-state index contributed by atoms with van der Waals surface area (Å²) >= 11 is 0. The number of methoxy groups -OCH3 is 2. The van der Waals surface area contributed by atoms with Crippen LogP contribution in [0.5, 0.6) is 5.75 Å². The molecule has 5 heteroatoms. The molecule has 0 aliphatic carbocycles. The minimum absolute atomic E-state index is 0.200. The minimum atomic E-state index is -0.972. The molecular weight excluding hydrogens is 270 g/mol. The normalized spacial score (nSPS) is 12.4. The highest BCUT2D eigenvalue weighted by Crippen LogP contribution is 2.21. The van der Waals surface area contributed by atoms with Crippen LogP contribution in [0.3, 0.4) is 0 Å². The topological polar surface area (TPSA) is 59.0 Å². The van der Waals surface area contributed by atoms with Crippen LogP contribution in [-0.4, -0.2) is 49.4 Å². The fourth-order valence-electron chi connectivity index (χ4n) is 2.18. The first-order valence-corrected chi connectivity index (χ1v) is 7.16. The lowest BCUT2D eigenvalue weighted by molar-refractivity contribution is 0.0693. The summed E-state index contributed by atoms with van der Waals surface area (Å²) in [6.07, 6.45) is 1.03. The number of nitrogens with zero attached hydrogens (tertiary/aromatic N) is 1. The van der Waals surface area contributed by atoms with E-state index in [0.29, 0.717) is 24.9 Å². The molecule has 1 atom stereocenters. The molecule has 1 N–H and O–H groups in total. The smallest absolute Gasteiger partial charge is 0.339 e. The van der Waals surface area contributed by atoms with Crippen molar-refractivity contribution in [1.82, 2.24) is 4.90 Å². The molecule has 0 spiro atoms. The van der Waals surface area contributed by atoms with Crippen LogP contribution in [-0.2, 0) is 11.3 Å². The predicted molar refractivity (Wildman–Crippen MR) is 82.0 cm³/mol. The molecule has 1 rings (SSSR count). The van der Waals surface area contributed by atoms with Crippen molar-refractivity contribution in [2.45, 2.75) is 32.9 Å². The third-order valence-electron chi connectivity index (χ3n) is 3.68. The molecule has 118 valence electrons. The zero-order valence-corrected chi connectivity index (χ0v) is 13.3. The summed E-state index contributed by atoms with van der Waals surface area (Å²) in [4.78, 5) is 13.6. The van der Waals surface area contributed by atoms with Crippen molar-refractivity contribution in [1.29, 1.82) is 0 Å². The zero-order chi connectivity index (χ0) is 15.8. The third-order valence-corrected chi connectivity index (χ3v) is 3.68. The van der Waals surface area contributed by atoms with Crippen molar-refractivity contribution in [3.05, 3.63) is 29.3 Å². The monoisotopic (exact) mass is 295 g/mol. The van der Waals surface area contributed by atoms with E-state index in [1.165, 1.54) is 7.11 Å². The molecule has 0 radical (unpaired) electrons. The molecule has 0 saturated heterocycles. The van der Waals surface area contributed by atoms with Gasteiger partial charge in [0.2, 0.25) is 0 Å². The molecule has 0 bridgehead atoms. The van der Waals surface area contributed by atoms with Gasteiger partial charge in [0.05, 0.1) is 13.7 Å². The van der Waals surface area contributed by atoms with Crippen molar-refractivity contribution in [2.24, 2.45) is 0 Å². The van der Waals surface area contributed by atoms with Gasteiger partial charge >= 0.3 is 5.97 Å². The molecule has 5 nitrogen and oxygen atoms in total. The first kappa shape index (κ1) is 17.5. The number of carboxylic acids is 1. The second kappa shape index (κ2) is 8.64. The molecular formula is C16H25NO4. The van der Waals surface area contributed by atoms with Gasteiger partial charge in [-0.25, -0.2) is 4.79 Å². The van der Waals surface area contributed by atoms with Crippen molar-refractivity contribution in [3.63, 3.8) is 0 Å². The maximum Gasteiger partial charge on any atom is 0.339 e. The molecule has 0 aliphatic heterocycles. The van der Waals surface area contributed by atoms with Crippen LogP contribution in [0.15, 0.2) is 18.2 Å². The molecule has 1 aromatic carbocycles. The van der Waals surface area contributed by atoms with Crippen molar-refractivity contribution in [2.75, 3.05) is 27.4 Å². The number of carboxylic acid groups (broad SMARTS) is 1. The van der Waals surface area contributed by atoms with Gasteiger partial charge in [-0.1, -0.05) is 13.0 Å². The summed E-state index contributed by atoms with van der Waals surface area (Å²) in [7, 11) is 3.16. The van der Waals surface area contributed by atoms with Gasteiger partial charge in [-0.15, -0.1) is 0 Å². The summed E-state index contributed by atoms with van der Waals surface area (Å²) in [5, 5.41) is 9.24. The average Bonchev–Trinajstić information content (AvgIpc) is 2.50. The van der Waals surface area contributed by atoms with Crippen LogP contribution in [0.2, 0.25) is 0 Å². The van der Waals surface area contributed by atoms with Gasteiger partial charge < -0.3 is 14.6 Å². The standard InChI is InChI=1S/C16H25NO4/c1-5-12(2)17(8-9-20-3)11-13-6-7-15(21-4)14(10-13)16(18)19/h6-7,10,12H,5,8-9,11H2,1-4H3,(H,18,19). The second-order valence-corrected chi connectivity index (χ2v) is 5.06. The van der Waals surface area contributed by atoms with E-state index in [1.54, 1.807) is 19.2 Å². The summed E-state index contributed by atoms with van der Waals surface area (Å²) in [5.41, 5.74) is 1.16. The number of rotatable bonds is 9. The maximum absolute atomic E-state index is 11.3. The molecule has 0 amide bonds. The molecule has 0 saturated carbocycles.